The summed E-state index contributed by atoms with van der Waals surface area (Å²) in [5.41, 5.74) is -0.0151. The summed E-state index contributed by atoms with van der Waals surface area (Å²) in [6.07, 6.45) is -2.83. The van der Waals surface area contributed by atoms with E-state index in [0.29, 0.717) is 24.5 Å². The van der Waals surface area contributed by atoms with Crippen LogP contribution in [0.2, 0.25) is 0 Å². The number of hydrogen-bond donors (Lipinski definition) is 0. The third-order valence-corrected chi connectivity index (χ3v) is 4.60. The van der Waals surface area contributed by atoms with Crippen molar-refractivity contribution in [1.29, 1.82) is 0 Å². The Bertz CT molecular complexity index is 690. The largest absolute Gasteiger partial charge is 0.416 e. The third-order valence-electron chi connectivity index (χ3n) is 3.60. The number of halogens is 3. The molecule has 0 radical (unpaired) electrons. The molecule has 1 saturated heterocycles. The van der Waals surface area contributed by atoms with Gasteiger partial charge in [-0.1, -0.05) is 18.2 Å². The number of rotatable bonds is 4. The van der Waals surface area contributed by atoms with Crippen LogP contribution in [-0.2, 0) is 16.7 Å². The number of aromatic nitrogens is 2. The first-order chi connectivity index (χ1) is 11.5. The molecular weight excluding hydrogens is 339 g/mol. The Morgan fingerprint density at radius 2 is 1.92 bits per heavy atom. The molecule has 8 heteroatoms. The van der Waals surface area contributed by atoms with Crippen LogP contribution >= 0.6 is 11.8 Å². The molecule has 128 valence electrons. The average molecular weight is 355 g/mol. The highest BCUT2D eigenvalue weighted by Gasteiger charge is 2.30. The summed E-state index contributed by atoms with van der Waals surface area (Å²) < 4.78 is 43.6. The van der Waals surface area contributed by atoms with E-state index >= 15 is 0 Å². The topological polar surface area (TPSA) is 38.2 Å². The Balaban J connectivity index is 1.66. The van der Waals surface area contributed by atoms with Gasteiger partial charge in [-0.25, -0.2) is 9.97 Å². The minimum atomic E-state index is -4.32. The molecule has 0 bridgehead atoms. The van der Waals surface area contributed by atoms with Crippen LogP contribution in [0.15, 0.2) is 41.7 Å². The van der Waals surface area contributed by atoms with E-state index in [1.165, 1.54) is 30.2 Å². The number of anilines is 1. The summed E-state index contributed by atoms with van der Waals surface area (Å²) in [4.78, 5) is 10.6. The summed E-state index contributed by atoms with van der Waals surface area (Å²) in [6, 6.07) is 7.24. The van der Waals surface area contributed by atoms with Crippen molar-refractivity contribution in [2.45, 2.75) is 17.0 Å². The van der Waals surface area contributed by atoms with Crippen LogP contribution in [0.3, 0.4) is 0 Å². The Morgan fingerprint density at radius 3 is 2.67 bits per heavy atom. The van der Waals surface area contributed by atoms with Crippen LogP contribution in [0.5, 0.6) is 0 Å². The zero-order valence-electron chi connectivity index (χ0n) is 12.8. The van der Waals surface area contributed by atoms with Gasteiger partial charge in [0.25, 0.3) is 0 Å². The van der Waals surface area contributed by atoms with Crippen LogP contribution < -0.4 is 4.90 Å². The molecule has 24 heavy (non-hydrogen) atoms. The molecule has 0 saturated carbocycles. The molecule has 0 aliphatic carbocycles. The lowest BCUT2D eigenvalue weighted by atomic mass is 10.1. The lowest BCUT2D eigenvalue weighted by Crippen LogP contribution is -2.36. The summed E-state index contributed by atoms with van der Waals surface area (Å²) in [5, 5.41) is 0.740. The highest BCUT2D eigenvalue weighted by atomic mass is 32.2. The number of nitrogens with zero attached hydrogens (tertiary/aromatic N) is 3. The highest BCUT2D eigenvalue weighted by Crippen LogP contribution is 2.31. The second kappa shape index (κ2) is 7.40. The van der Waals surface area contributed by atoms with Crippen LogP contribution in [0.1, 0.15) is 11.1 Å². The Kier molecular flexibility index (Phi) is 5.25. The summed E-state index contributed by atoms with van der Waals surface area (Å²) in [7, 11) is 0. The van der Waals surface area contributed by atoms with Crippen LogP contribution in [0.4, 0.5) is 19.0 Å². The molecule has 1 aliphatic rings. The van der Waals surface area contributed by atoms with E-state index in [1.54, 1.807) is 6.07 Å². The first kappa shape index (κ1) is 17.0. The fraction of sp³-hybridized carbons (Fsp3) is 0.375. The Morgan fingerprint density at radius 1 is 1.12 bits per heavy atom. The SMILES string of the molecule is FC(F)(F)c1cccc(CSc2cc(N3CCOCC3)ncn2)c1. The maximum absolute atomic E-state index is 12.7. The zero-order valence-corrected chi connectivity index (χ0v) is 13.6. The first-order valence-electron chi connectivity index (χ1n) is 7.46. The zero-order chi connectivity index (χ0) is 17.0. The Hall–Kier alpha value is -1.80. The molecule has 1 fully saturated rings. The molecule has 2 aromatic rings. The van der Waals surface area contributed by atoms with E-state index in [4.69, 9.17) is 4.74 Å². The predicted octanol–water partition coefficient (Wildman–Crippen LogP) is 3.62. The minimum absolute atomic E-state index is 0.420. The average Bonchev–Trinajstić information content (AvgIpc) is 2.61. The first-order valence-corrected chi connectivity index (χ1v) is 8.44. The maximum Gasteiger partial charge on any atom is 0.416 e. The van der Waals surface area contributed by atoms with Crippen molar-refractivity contribution in [3.63, 3.8) is 0 Å². The number of benzene rings is 1. The quantitative estimate of drug-likeness (QED) is 0.619. The normalized spacial score (nSPS) is 15.5. The van der Waals surface area contributed by atoms with Crippen LogP contribution in [0, 0.1) is 0 Å². The standard InChI is InChI=1S/C16H16F3N3OS/c17-16(18,19)13-3-1-2-12(8-13)10-24-15-9-14(20-11-21-15)22-4-6-23-7-5-22/h1-3,8-9,11H,4-7,10H2. The number of thioether (sulfide) groups is 1. The van der Waals surface area contributed by atoms with E-state index in [9.17, 15) is 13.2 Å². The van der Waals surface area contributed by atoms with Crippen molar-refractivity contribution in [2.75, 3.05) is 31.2 Å². The van der Waals surface area contributed by atoms with Crippen LogP contribution in [-0.4, -0.2) is 36.3 Å². The third kappa shape index (κ3) is 4.39. The van der Waals surface area contributed by atoms with E-state index in [-0.39, 0.29) is 0 Å². The van der Waals surface area contributed by atoms with Crippen LogP contribution in [0.25, 0.3) is 0 Å². The van der Waals surface area contributed by atoms with Crippen molar-refractivity contribution >= 4 is 17.6 Å². The van der Waals surface area contributed by atoms with Crippen molar-refractivity contribution in [1.82, 2.24) is 9.97 Å². The molecule has 4 nitrogen and oxygen atoms in total. The van der Waals surface area contributed by atoms with Crippen molar-refractivity contribution in [3.8, 4) is 0 Å². The van der Waals surface area contributed by atoms with E-state index in [1.807, 2.05) is 6.07 Å². The molecule has 1 aliphatic heterocycles. The van der Waals surface area contributed by atoms with Crippen molar-refractivity contribution in [3.05, 3.63) is 47.8 Å². The summed E-state index contributed by atoms with van der Waals surface area (Å²) in [5.74, 6) is 1.24. The van der Waals surface area contributed by atoms with Gasteiger partial charge in [0.05, 0.1) is 18.8 Å². The molecule has 0 unspecified atom stereocenters. The predicted molar refractivity (Wildman–Crippen MR) is 86.1 cm³/mol. The van der Waals surface area contributed by atoms with Gasteiger partial charge in [0.2, 0.25) is 0 Å². The molecule has 0 atom stereocenters. The van der Waals surface area contributed by atoms with Gasteiger partial charge >= 0.3 is 6.18 Å². The van der Waals surface area contributed by atoms with Crippen molar-refractivity contribution in [2.24, 2.45) is 0 Å². The summed E-state index contributed by atoms with van der Waals surface area (Å²) in [6.45, 7) is 2.87. The number of ether oxygens (including phenoxy) is 1. The second-order valence-electron chi connectivity index (χ2n) is 5.30. The molecule has 0 spiro atoms. The molecule has 0 N–H and O–H groups in total. The maximum atomic E-state index is 12.7. The van der Waals surface area contributed by atoms with Gasteiger partial charge in [-0.15, -0.1) is 11.8 Å². The molecule has 1 aromatic heterocycles. The number of morpholine rings is 1. The van der Waals surface area contributed by atoms with Gasteiger partial charge in [-0.3, -0.25) is 0 Å². The smallest absolute Gasteiger partial charge is 0.378 e. The highest BCUT2D eigenvalue weighted by molar-refractivity contribution is 7.98. The van der Waals surface area contributed by atoms with Crippen molar-refractivity contribution < 1.29 is 17.9 Å². The minimum Gasteiger partial charge on any atom is -0.378 e. The van der Waals surface area contributed by atoms with E-state index in [0.717, 1.165) is 30.0 Å². The molecule has 2 heterocycles. The van der Waals surface area contributed by atoms with E-state index in [2.05, 4.69) is 14.9 Å². The monoisotopic (exact) mass is 355 g/mol. The summed E-state index contributed by atoms with van der Waals surface area (Å²) >= 11 is 1.39. The Labute approximate surface area is 142 Å². The number of alkyl halides is 3. The van der Waals surface area contributed by atoms with Gasteiger partial charge in [0.15, 0.2) is 0 Å². The molecule has 0 amide bonds. The van der Waals surface area contributed by atoms with Gasteiger partial charge in [0.1, 0.15) is 17.2 Å². The van der Waals surface area contributed by atoms with Gasteiger partial charge in [-0.05, 0) is 11.6 Å². The lowest BCUT2D eigenvalue weighted by Gasteiger charge is -2.27. The molecule has 1 aromatic carbocycles. The van der Waals surface area contributed by atoms with Gasteiger partial charge in [0, 0.05) is 24.9 Å². The fourth-order valence-electron chi connectivity index (χ4n) is 2.37. The fourth-order valence-corrected chi connectivity index (χ4v) is 3.17. The second-order valence-corrected chi connectivity index (χ2v) is 6.30. The molecular formula is C16H16F3N3OS. The van der Waals surface area contributed by atoms with E-state index < -0.39 is 11.7 Å². The van der Waals surface area contributed by atoms with Gasteiger partial charge in [-0.2, -0.15) is 13.2 Å². The lowest BCUT2D eigenvalue weighted by molar-refractivity contribution is -0.137. The van der Waals surface area contributed by atoms with Gasteiger partial charge < -0.3 is 9.64 Å². The molecule has 3 rings (SSSR count). The number of hydrogen-bond acceptors (Lipinski definition) is 5.